The maximum absolute atomic E-state index is 11.0. The molecule has 5 heteroatoms. The third-order valence-electron chi connectivity index (χ3n) is 4.14. The summed E-state index contributed by atoms with van der Waals surface area (Å²) in [6.07, 6.45) is 4.16. The van der Waals surface area contributed by atoms with Crippen molar-refractivity contribution in [2.45, 2.75) is 12.8 Å². The monoisotopic (exact) mass is 287 g/mol. The van der Waals surface area contributed by atoms with Crippen molar-refractivity contribution in [1.82, 2.24) is 15.2 Å². The number of aromatic amines is 1. The second-order valence-electron chi connectivity index (χ2n) is 5.57. The Morgan fingerprint density at radius 1 is 1.29 bits per heavy atom. The van der Waals surface area contributed by atoms with Gasteiger partial charge in [-0.05, 0) is 37.1 Å². The highest BCUT2D eigenvalue weighted by Crippen LogP contribution is 2.21. The summed E-state index contributed by atoms with van der Waals surface area (Å²) in [5.41, 5.74) is 2.51. The number of hydrogen-bond acceptors (Lipinski definition) is 3. The molecule has 0 unspecified atom stereocenters. The van der Waals surface area contributed by atoms with E-state index in [9.17, 15) is 4.79 Å². The van der Waals surface area contributed by atoms with Gasteiger partial charge in [-0.2, -0.15) is 0 Å². The maximum Gasteiger partial charge on any atom is 0.335 e. The molecule has 21 heavy (non-hydrogen) atoms. The van der Waals surface area contributed by atoms with E-state index in [0.717, 1.165) is 56.5 Å². The van der Waals surface area contributed by atoms with Gasteiger partial charge in [0.25, 0.3) is 0 Å². The Morgan fingerprint density at radius 3 is 2.86 bits per heavy atom. The Hall–Kier alpha value is -1.85. The SMILES string of the molecule is O=C(O)c1ccc2c(CCCN3CCNCC3)c[nH]c2c1. The molecule has 3 N–H and O–H groups in total. The Kier molecular flexibility index (Phi) is 4.22. The van der Waals surface area contributed by atoms with Crippen molar-refractivity contribution in [3.63, 3.8) is 0 Å². The zero-order valence-corrected chi connectivity index (χ0v) is 12.1. The smallest absolute Gasteiger partial charge is 0.335 e. The maximum atomic E-state index is 11.0. The number of piperazine rings is 1. The average molecular weight is 287 g/mol. The third kappa shape index (κ3) is 3.25. The molecule has 1 saturated heterocycles. The Labute approximate surface area is 124 Å². The van der Waals surface area contributed by atoms with Crippen molar-refractivity contribution in [2.24, 2.45) is 0 Å². The Bertz CT molecular complexity index is 629. The minimum Gasteiger partial charge on any atom is -0.478 e. The van der Waals surface area contributed by atoms with E-state index in [1.54, 1.807) is 12.1 Å². The predicted molar refractivity (Wildman–Crippen MR) is 82.9 cm³/mol. The molecule has 0 bridgehead atoms. The number of carboxylic acid groups (broad SMARTS) is 1. The van der Waals surface area contributed by atoms with Crippen molar-refractivity contribution in [2.75, 3.05) is 32.7 Å². The molecule has 112 valence electrons. The molecular formula is C16H21N3O2. The van der Waals surface area contributed by atoms with Crippen LogP contribution in [0.25, 0.3) is 10.9 Å². The lowest BCUT2D eigenvalue weighted by Crippen LogP contribution is -2.43. The summed E-state index contributed by atoms with van der Waals surface area (Å²) in [6, 6.07) is 5.30. The molecule has 1 fully saturated rings. The first-order valence-corrected chi connectivity index (χ1v) is 7.50. The average Bonchev–Trinajstić information content (AvgIpc) is 2.91. The van der Waals surface area contributed by atoms with Crippen LogP contribution in [0.4, 0.5) is 0 Å². The molecule has 0 saturated carbocycles. The van der Waals surface area contributed by atoms with Crippen LogP contribution >= 0.6 is 0 Å². The zero-order valence-electron chi connectivity index (χ0n) is 12.1. The van der Waals surface area contributed by atoms with Gasteiger partial charge >= 0.3 is 5.97 Å². The fourth-order valence-corrected chi connectivity index (χ4v) is 2.95. The third-order valence-corrected chi connectivity index (χ3v) is 4.14. The summed E-state index contributed by atoms with van der Waals surface area (Å²) < 4.78 is 0. The summed E-state index contributed by atoms with van der Waals surface area (Å²) >= 11 is 0. The summed E-state index contributed by atoms with van der Waals surface area (Å²) in [6.45, 7) is 5.57. The fraction of sp³-hybridized carbons (Fsp3) is 0.438. The number of H-pyrrole nitrogens is 1. The van der Waals surface area contributed by atoms with Gasteiger partial charge in [0.15, 0.2) is 0 Å². The molecule has 0 aliphatic carbocycles. The number of carbonyl (C=O) groups is 1. The highest BCUT2D eigenvalue weighted by atomic mass is 16.4. The number of nitrogens with zero attached hydrogens (tertiary/aromatic N) is 1. The molecule has 0 radical (unpaired) electrons. The van der Waals surface area contributed by atoms with Crippen LogP contribution in [0.5, 0.6) is 0 Å². The van der Waals surface area contributed by atoms with Crippen molar-refractivity contribution in [3.8, 4) is 0 Å². The zero-order chi connectivity index (χ0) is 14.7. The molecule has 1 aromatic carbocycles. The highest BCUT2D eigenvalue weighted by molar-refractivity contribution is 5.94. The van der Waals surface area contributed by atoms with Crippen molar-refractivity contribution in [3.05, 3.63) is 35.5 Å². The number of benzene rings is 1. The second-order valence-corrected chi connectivity index (χ2v) is 5.57. The Morgan fingerprint density at radius 2 is 2.10 bits per heavy atom. The van der Waals surface area contributed by atoms with E-state index in [0.29, 0.717) is 5.56 Å². The fourth-order valence-electron chi connectivity index (χ4n) is 2.95. The van der Waals surface area contributed by atoms with Crippen LogP contribution in [0, 0.1) is 0 Å². The van der Waals surface area contributed by atoms with Gasteiger partial charge in [-0.15, -0.1) is 0 Å². The quantitative estimate of drug-likeness (QED) is 0.783. The van der Waals surface area contributed by atoms with Crippen LogP contribution in [0.1, 0.15) is 22.3 Å². The molecule has 2 aromatic rings. The normalized spacial score (nSPS) is 16.4. The molecule has 3 rings (SSSR count). The van der Waals surface area contributed by atoms with E-state index in [2.05, 4.69) is 15.2 Å². The molecule has 0 spiro atoms. The number of aromatic nitrogens is 1. The number of carboxylic acids is 1. The van der Waals surface area contributed by atoms with Gasteiger partial charge in [-0.1, -0.05) is 6.07 Å². The van der Waals surface area contributed by atoms with E-state index in [1.807, 2.05) is 12.3 Å². The van der Waals surface area contributed by atoms with E-state index in [4.69, 9.17) is 5.11 Å². The number of rotatable bonds is 5. The van der Waals surface area contributed by atoms with Crippen LogP contribution in [0.2, 0.25) is 0 Å². The number of aromatic carboxylic acids is 1. The largest absolute Gasteiger partial charge is 0.478 e. The topological polar surface area (TPSA) is 68.4 Å². The lowest BCUT2D eigenvalue weighted by atomic mass is 10.1. The highest BCUT2D eigenvalue weighted by Gasteiger charge is 2.11. The Balaban J connectivity index is 1.63. The van der Waals surface area contributed by atoms with Gasteiger partial charge in [-0.25, -0.2) is 4.79 Å². The van der Waals surface area contributed by atoms with E-state index in [-0.39, 0.29) is 0 Å². The van der Waals surface area contributed by atoms with Gasteiger partial charge in [0.2, 0.25) is 0 Å². The standard InChI is InChI=1S/C16H21N3O2/c20-16(21)12-3-4-14-13(11-18-15(14)10-12)2-1-7-19-8-5-17-6-9-19/h3-4,10-11,17-18H,1-2,5-9H2,(H,20,21). The minimum atomic E-state index is -0.883. The molecular weight excluding hydrogens is 266 g/mol. The first-order valence-electron chi connectivity index (χ1n) is 7.50. The van der Waals surface area contributed by atoms with Gasteiger partial charge in [-0.3, -0.25) is 0 Å². The first kappa shape index (κ1) is 14.1. The first-order chi connectivity index (χ1) is 10.2. The van der Waals surface area contributed by atoms with Gasteiger partial charge in [0, 0.05) is 43.3 Å². The minimum absolute atomic E-state index is 0.330. The van der Waals surface area contributed by atoms with Crippen LogP contribution < -0.4 is 5.32 Å². The molecule has 2 heterocycles. The van der Waals surface area contributed by atoms with Crippen LogP contribution in [0.15, 0.2) is 24.4 Å². The van der Waals surface area contributed by atoms with E-state index >= 15 is 0 Å². The number of hydrogen-bond donors (Lipinski definition) is 3. The summed E-state index contributed by atoms with van der Waals surface area (Å²) in [4.78, 5) is 16.7. The summed E-state index contributed by atoms with van der Waals surface area (Å²) in [5.74, 6) is -0.883. The summed E-state index contributed by atoms with van der Waals surface area (Å²) in [5, 5.41) is 13.5. The lowest BCUT2D eigenvalue weighted by Gasteiger charge is -2.26. The van der Waals surface area contributed by atoms with Crippen molar-refractivity contribution in [1.29, 1.82) is 0 Å². The van der Waals surface area contributed by atoms with E-state index < -0.39 is 5.97 Å². The van der Waals surface area contributed by atoms with Crippen LogP contribution in [0.3, 0.4) is 0 Å². The molecule has 1 aliphatic heterocycles. The van der Waals surface area contributed by atoms with Crippen molar-refractivity contribution >= 4 is 16.9 Å². The molecule has 0 atom stereocenters. The van der Waals surface area contributed by atoms with Crippen molar-refractivity contribution < 1.29 is 9.90 Å². The van der Waals surface area contributed by atoms with Crippen LogP contribution in [-0.4, -0.2) is 53.7 Å². The summed E-state index contributed by atoms with van der Waals surface area (Å²) in [7, 11) is 0. The number of aryl methyl sites for hydroxylation is 1. The van der Waals surface area contributed by atoms with Gasteiger partial charge < -0.3 is 20.3 Å². The molecule has 1 aromatic heterocycles. The van der Waals surface area contributed by atoms with Gasteiger partial charge in [0.1, 0.15) is 0 Å². The number of fused-ring (bicyclic) bond motifs is 1. The number of nitrogens with one attached hydrogen (secondary N) is 2. The molecule has 1 aliphatic rings. The predicted octanol–water partition coefficient (Wildman–Crippen LogP) is 1.70. The second kappa shape index (κ2) is 6.28. The van der Waals surface area contributed by atoms with Gasteiger partial charge in [0.05, 0.1) is 5.56 Å². The van der Waals surface area contributed by atoms with Crippen LogP contribution in [-0.2, 0) is 6.42 Å². The molecule has 5 nitrogen and oxygen atoms in total. The lowest BCUT2D eigenvalue weighted by molar-refractivity contribution is 0.0697. The van der Waals surface area contributed by atoms with E-state index in [1.165, 1.54) is 5.56 Å². The molecule has 0 amide bonds.